The van der Waals surface area contributed by atoms with Crippen molar-refractivity contribution < 1.29 is 18.0 Å². The average molecular weight is 390 g/mol. The number of nitrogens with zero attached hydrogens (tertiary/aromatic N) is 2. The maximum absolute atomic E-state index is 13.8. The highest BCUT2D eigenvalue weighted by molar-refractivity contribution is 5.93. The molecule has 1 amide bonds. The van der Waals surface area contributed by atoms with E-state index < -0.39 is 17.5 Å². The molecule has 0 unspecified atom stereocenters. The first kappa shape index (κ1) is 19.9. The van der Waals surface area contributed by atoms with Gasteiger partial charge in [-0.05, 0) is 51.2 Å². The van der Waals surface area contributed by atoms with Gasteiger partial charge in [0.05, 0.1) is 5.69 Å². The number of amides is 1. The predicted octanol–water partition coefficient (Wildman–Crippen LogP) is 4.57. The van der Waals surface area contributed by atoms with Crippen molar-refractivity contribution in [1.29, 1.82) is 0 Å². The molecule has 0 atom stereocenters. The molecule has 28 heavy (non-hydrogen) atoms. The molecule has 0 spiro atoms. The number of aryl methyl sites for hydroxylation is 1. The Morgan fingerprint density at radius 2 is 1.96 bits per heavy atom. The second kappa shape index (κ2) is 8.86. The lowest BCUT2D eigenvalue weighted by molar-refractivity contribution is 0.0948. The highest BCUT2D eigenvalue weighted by atomic mass is 19.2. The number of anilines is 2. The third kappa shape index (κ3) is 4.88. The van der Waals surface area contributed by atoms with Crippen LogP contribution in [-0.2, 0) is 0 Å². The summed E-state index contributed by atoms with van der Waals surface area (Å²) in [4.78, 5) is 20.5. The van der Waals surface area contributed by atoms with E-state index in [9.17, 15) is 18.0 Å². The van der Waals surface area contributed by atoms with E-state index in [0.717, 1.165) is 31.4 Å². The molecular weight excluding hydrogens is 369 g/mol. The van der Waals surface area contributed by atoms with E-state index >= 15 is 0 Å². The molecule has 0 bridgehead atoms. The Kier molecular flexibility index (Phi) is 6.28. The number of carbonyl (C=O) groups is 1. The summed E-state index contributed by atoms with van der Waals surface area (Å²) in [6, 6.07) is 3.20. The molecule has 2 N–H and O–H groups in total. The van der Waals surface area contributed by atoms with Gasteiger partial charge in [-0.25, -0.2) is 23.1 Å². The molecule has 1 heterocycles. The van der Waals surface area contributed by atoms with Crippen molar-refractivity contribution in [2.45, 2.75) is 39.0 Å². The molecule has 1 aromatic heterocycles. The standard InChI is InChI=1S/C20H21F3N4O/c1-12-25-16(20(28)24-10-9-13-5-3-2-4-6-13)11-17(26-12)27-15-8-7-14(21)18(22)19(15)23/h5,7-8,11H,2-4,6,9-10H2,1H3,(H,24,28)(H,25,26,27). The van der Waals surface area contributed by atoms with Crippen molar-refractivity contribution >= 4 is 17.4 Å². The fraction of sp³-hybridized carbons (Fsp3) is 0.350. The second-order valence-corrected chi connectivity index (χ2v) is 6.65. The van der Waals surface area contributed by atoms with Crippen LogP contribution in [-0.4, -0.2) is 22.4 Å². The van der Waals surface area contributed by atoms with Crippen LogP contribution in [0.25, 0.3) is 0 Å². The van der Waals surface area contributed by atoms with Gasteiger partial charge in [0.25, 0.3) is 5.91 Å². The number of halogens is 3. The van der Waals surface area contributed by atoms with Crippen molar-refractivity contribution in [3.8, 4) is 0 Å². The number of carbonyl (C=O) groups excluding carboxylic acids is 1. The van der Waals surface area contributed by atoms with E-state index in [2.05, 4.69) is 26.7 Å². The summed E-state index contributed by atoms with van der Waals surface area (Å²) in [6.07, 6.45) is 7.56. The summed E-state index contributed by atoms with van der Waals surface area (Å²) in [5.74, 6) is -4.20. The maximum atomic E-state index is 13.8. The third-order valence-electron chi connectivity index (χ3n) is 4.49. The van der Waals surface area contributed by atoms with Gasteiger partial charge in [0.2, 0.25) is 0 Å². The summed E-state index contributed by atoms with van der Waals surface area (Å²) in [7, 11) is 0. The molecule has 0 saturated heterocycles. The zero-order chi connectivity index (χ0) is 20.1. The lowest BCUT2D eigenvalue weighted by atomic mass is 9.97. The van der Waals surface area contributed by atoms with Crippen LogP contribution in [0, 0.1) is 24.4 Å². The molecule has 148 valence electrons. The Hall–Kier alpha value is -2.90. The Morgan fingerprint density at radius 1 is 1.14 bits per heavy atom. The third-order valence-corrected chi connectivity index (χ3v) is 4.49. The van der Waals surface area contributed by atoms with Crippen LogP contribution < -0.4 is 10.6 Å². The van der Waals surface area contributed by atoms with Gasteiger partial charge in [-0.3, -0.25) is 4.79 Å². The smallest absolute Gasteiger partial charge is 0.270 e. The minimum absolute atomic E-state index is 0.107. The van der Waals surface area contributed by atoms with Crippen LogP contribution in [0.3, 0.4) is 0 Å². The first-order valence-electron chi connectivity index (χ1n) is 9.16. The van der Waals surface area contributed by atoms with Gasteiger partial charge in [0.1, 0.15) is 17.3 Å². The Labute approximate surface area is 161 Å². The molecule has 0 saturated carbocycles. The zero-order valence-corrected chi connectivity index (χ0v) is 15.5. The SMILES string of the molecule is Cc1nc(Nc2ccc(F)c(F)c2F)cc(C(=O)NCCC2=CCCCC2)n1. The van der Waals surface area contributed by atoms with Gasteiger partial charge < -0.3 is 10.6 Å². The molecule has 2 aromatic rings. The highest BCUT2D eigenvalue weighted by Gasteiger charge is 2.16. The number of allylic oxidation sites excluding steroid dienone is 1. The minimum Gasteiger partial charge on any atom is -0.350 e. The first-order chi connectivity index (χ1) is 13.4. The van der Waals surface area contributed by atoms with Crippen LogP contribution in [0.15, 0.2) is 29.8 Å². The molecule has 0 aliphatic heterocycles. The fourth-order valence-corrected chi connectivity index (χ4v) is 3.07. The van der Waals surface area contributed by atoms with Crippen molar-refractivity contribution in [3.05, 3.63) is 58.8 Å². The van der Waals surface area contributed by atoms with Crippen molar-refractivity contribution in [2.75, 3.05) is 11.9 Å². The Morgan fingerprint density at radius 3 is 2.71 bits per heavy atom. The van der Waals surface area contributed by atoms with Crippen LogP contribution in [0.4, 0.5) is 24.7 Å². The lowest BCUT2D eigenvalue weighted by Gasteiger charge is -2.13. The number of hydrogen-bond donors (Lipinski definition) is 2. The van der Waals surface area contributed by atoms with Crippen LogP contribution in [0.2, 0.25) is 0 Å². The molecule has 1 aromatic carbocycles. The molecule has 5 nitrogen and oxygen atoms in total. The van der Waals surface area contributed by atoms with Crippen molar-refractivity contribution in [2.24, 2.45) is 0 Å². The average Bonchev–Trinajstić information content (AvgIpc) is 2.69. The van der Waals surface area contributed by atoms with E-state index in [1.807, 2.05) is 0 Å². The highest BCUT2D eigenvalue weighted by Crippen LogP contribution is 2.23. The number of aromatic nitrogens is 2. The van der Waals surface area contributed by atoms with Gasteiger partial charge in [0, 0.05) is 12.6 Å². The topological polar surface area (TPSA) is 66.9 Å². The number of hydrogen-bond acceptors (Lipinski definition) is 4. The Bertz CT molecular complexity index is 915. The summed E-state index contributed by atoms with van der Waals surface area (Å²) in [5, 5.41) is 5.37. The number of nitrogens with one attached hydrogen (secondary N) is 2. The van der Waals surface area contributed by atoms with Crippen molar-refractivity contribution in [1.82, 2.24) is 15.3 Å². The Balaban J connectivity index is 1.68. The van der Waals surface area contributed by atoms with E-state index in [-0.39, 0.29) is 28.9 Å². The molecule has 1 aliphatic rings. The summed E-state index contributed by atoms with van der Waals surface area (Å²) in [6.45, 7) is 2.07. The van der Waals surface area contributed by atoms with Crippen molar-refractivity contribution in [3.63, 3.8) is 0 Å². The van der Waals surface area contributed by atoms with Crippen LogP contribution >= 0.6 is 0 Å². The fourth-order valence-electron chi connectivity index (χ4n) is 3.07. The predicted molar refractivity (Wildman–Crippen MR) is 99.9 cm³/mol. The lowest BCUT2D eigenvalue weighted by Crippen LogP contribution is -2.26. The molecule has 0 radical (unpaired) electrons. The van der Waals surface area contributed by atoms with Crippen LogP contribution in [0.1, 0.15) is 48.4 Å². The van der Waals surface area contributed by atoms with Gasteiger partial charge in [-0.2, -0.15) is 0 Å². The normalized spacial score (nSPS) is 13.8. The van der Waals surface area contributed by atoms with Gasteiger partial charge in [0.15, 0.2) is 17.5 Å². The maximum Gasteiger partial charge on any atom is 0.270 e. The molecule has 8 heteroatoms. The minimum atomic E-state index is -1.58. The largest absolute Gasteiger partial charge is 0.350 e. The summed E-state index contributed by atoms with van der Waals surface area (Å²) >= 11 is 0. The number of benzene rings is 1. The first-order valence-corrected chi connectivity index (χ1v) is 9.16. The summed E-state index contributed by atoms with van der Waals surface area (Å²) in [5.41, 5.74) is 1.17. The van der Waals surface area contributed by atoms with E-state index in [1.165, 1.54) is 24.5 Å². The zero-order valence-electron chi connectivity index (χ0n) is 15.5. The van der Waals surface area contributed by atoms with Gasteiger partial charge in [-0.15, -0.1) is 0 Å². The second-order valence-electron chi connectivity index (χ2n) is 6.65. The van der Waals surface area contributed by atoms with E-state index in [1.54, 1.807) is 6.92 Å². The molecule has 1 aliphatic carbocycles. The molecular formula is C20H21F3N4O. The number of rotatable bonds is 6. The quantitative estimate of drug-likeness (QED) is 0.560. The van der Waals surface area contributed by atoms with E-state index in [0.29, 0.717) is 6.54 Å². The monoisotopic (exact) mass is 390 g/mol. The van der Waals surface area contributed by atoms with Gasteiger partial charge >= 0.3 is 0 Å². The van der Waals surface area contributed by atoms with E-state index in [4.69, 9.17) is 0 Å². The molecule has 3 rings (SSSR count). The molecule has 0 fully saturated rings. The van der Waals surface area contributed by atoms with Crippen LogP contribution in [0.5, 0.6) is 0 Å². The summed E-state index contributed by atoms with van der Waals surface area (Å²) < 4.78 is 40.3. The van der Waals surface area contributed by atoms with Gasteiger partial charge in [-0.1, -0.05) is 11.6 Å².